The predicted octanol–water partition coefficient (Wildman–Crippen LogP) is 2.56. The third-order valence-electron chi connectivity index (χ3n) is 5.44. The Balaban J connectivity index is 1.80. The largest absolute Gasteiger partial charge is 0.330 e. The zero-order valence-electron chi connectivity index (χ0n) is 13.7. The molecule has 3 heteroatoms. The summed E-state index contributed by atoms with van der Waals surface area (Å²) in [5, 5.41) is 0. The van der Waals surface area contributed by atoms with Crippen LogP contribution in [0.1, 0.15) is 52.4 Å². The highest BCUT2D eigenvalue weighted by molar-refractivity contribution is 4.82. The summed E-state index contributed by atoms with van der Waals surface area (Å²) in [6.07, 6.45) is 8.54. The normalized spacial score (nSPS) is 31.9. The van der Waals surface area contributed by atoms with Gasteiger partial charge in [-0.1, -0.05) is 33.1 Å². The van der Waals surface area contributed by atoms with Gasteiger partial charge < -0.3 is 10.6 Å². The zero-order valence-corrected chi connectivity index (χ0v) is 13.7. The van der Waals surface area contributed by atoms with E-state index in [9.17, 15) is 0 Å². The van der Waals surface area contributed by atoms with Crippen molar-refractivity contribution in [3.63, 3.8) is 0 Å². The second kappa shape index (κ2) is 8.35. The Hall–Kier alpha value is -0.120. The SMILES string of the molecule is CCC1CCCC(N2CCCN(CC(C)CN)CC2)C1. The van der Waals surface area contributed by atoms with Gasteiger partial charge in [0.05, 0.1) is 0 Å². The summed E-state index contributed by atoms with van der Waals surface area (Å²) in [7, 11) is 0. The Morgan fingerprint density at radius 3 is 2.70 bits per heavy atom. The van der Waals surface area contributed by atoms with Crippen LogP contribution in [0.25, 0.3) is 0 Å². The topological polar surface area (TPSA) is 32.5 Å². The average Bonchev–Trinajstić information content (AvgIpc) is 2.73. The maximum atomic E-state index is 5.77. The van der Waals surface area contributed by atoms with E-state index in [-0.39, 0.29) is 0 Å². The molecule has 0 aromatic rings. The second-order valence-corrected chi connectivity index (χ2v) is 7.13. The van der Waals surface area contributed by atoms with Gasteiger partial charge in [0, 0.05) is 25.7 Å². The van der Waals surface area contributed by atoms with Gasteiger partial charge in [-0.2, -0.15) is 0 Å². The molecule has 1 aliphatic carbocycles. The Bertz CT molecular complexity index is 269. The fraction of sp³-hybridized carbons (Fsp3) is 1.00. The molecule has 3 nitrogen and oxygen atoms in total. The van der Waals surface area contributed by atoms with Crippen LogP contribution in [0.3, 0.4) is 0 Å². The van der Waals surface area contributed by atoms with E-state index in [4.69, 9.17) is 5.73 Å². The molecule has 1 saturated heterocycles. The quantitative estimate of drug-likeness (QED) is 0.840. The Kier molecular flexibility index (Phi) is 6.79. The van der Waals surface area contributed by atoms with Crippen LogP contribution < -0.4 is 5.73 Å². The minimum atomic E-state index is 0.640. The number of hydrogen-bond donors (Lipinski definition) is 1. The van der Waals surface area contributed by atoms with Crippen LogP contribution in [0.5, 0.6) is 0 Å². The molecule has 2 rings (SSSR count). The molecular weight excluding hydrogens is 246 g/mol. The molecule has 1 aliphatic heterocycles. The molecule has 0 amide bonds. The van der Waals surface area contributed by atoms with Gasteiger partial charge in [0.25, 0.3) is 0 Å². The van der Waals surface area contributed by atoms with E-state index in [1.54, 1.807) is 0 Å². The number of rotatable bonds is 5. The van der Waals surface area contributed by atoms with E-state index in [1.165, 1.54) is 71.2 Å². The minimum Gasteiger partial charge on any atom is -0.330 e. The molecule has 0 aromatic carbocycles. The summed E-state index contributed by atoms with van der Waals surface area (Å²) in [6, 6.07) is 0.876. The van der Waals surface area contributed by atoms with Crippen molar-refractivity contribution >= 4 is 0 Å². The molecule has 20 heavy (non-hydrogen) atoms. The molecule has 0 bridgehead atoms. The van der Waals surface area contributed by atoms with Crippen molar-refractivity contribution in [2.24, 2.45) is 17.6 Å². The highest BCUT2D eigenvalue weighted by Gasteiger charge is 2.27. The molecule has 3 atom stereocenters. The van der Waals surface area contributed by atoms with Crippen LogP contribution in [0.15, 0.2) is 0 Å². The van der Waals surface area contributed by atoms with Gasteiger partial charge in [0.1, 0.15) is 0 Å². The van der Waals surface area contributed by atoms with Crippen LogP contribution in [-0.2, 0) is 0 Å². The lowest BCUT2D eigenvalue weighted by Gasteiger charge is -2.37. The molecule has 2 N–H and O–H groups in total. The van der Waals surface area contributed by atoms with E-state index in [0.717, 1.165) is 18.5 Å². The summed E-state index contributed by atoms with van der Waals surface area (Å²) in [4.78, 5) is 5.44. The molecular formula is C17H35N3. The van der Waals surface area contributed by atoms with E-state index < -0.39 is 0 Å². The van der Waals surface area contributed by atoms with Crippen molar-refractivity contribution in [3.8, 4) is 0 Å². The van der Waals surface area contributed by atoms with Crippen molar-refractivity contribution in [2.75, 3.05) is 39.3 Å². The maximum Gasteiger partial charge on any atom is 0.0112 e. The Labute approximate surface area is 125 Å². The summed E-state index contributed by atoms with van der Waals surface area (Å²) < 4.78 is 0. The Morgan fingerprint density at radius 2 is 1.95 bits per heavy atom. The predicted molar refractivity (Wildman–Crippen MR) is 86.9 cm³/mol. The third-order valence-corrected chi connectivity index (χ3v) is 5.44. The molecule has 1 heterocycles. The molecule has 3 unspecified atom stereocenters. The van der Waals surface area contributed by atoms with Crippen LogP contribution in [0.4, 0.5) is 0 Å². The van der Waals surface area contributed by atoms with Gasteiger partial charge in [-0.25, -0.2) is 0 Å². The fourth-order valence-corrected chi connectivity index (χ4v) is 4.02. The van der Waals surface area contributed by atoms with Crippen LogP contribution in [0.2, 0.25) is 0 Å². The molecule has 118 valence electrons. The van der Waals surface area contributed by atoms with Crippen molar-refractivity contribution in [1.29, 1.82) is 0 Å². The molecule has 0 spiro atoms. The molecule has 2 aliphatic rings. The highest BCUT2D eigenvalue weighted by atomic mass is 15.2. The monoisotopic (exact) mass is 281 g/mol. The van der Waals surface area contributed by atoms with Crippen LogP contribution in [0, 0.1) is 11.8 Å². The van der Waals surface area contributed by atoms with Gasteiger partial charge >= 0.3 is 0 Å². The lowest BCUT2D eigenvalue weighted by atomic mass is 9.83. The van der Waals surface area contributed by atoms with E-state index in [0.29, 0.717) is 5.92 Å². The van der Waals surface area contributed by atoms with Gasteiger partial charge in [-0.15, -0.1) is 0 Å². The van der Waals surface area contributed by atoms with E-state index in [2.05, 4.69) is 23.6 Å². The fourth-order valence-electron chi connectivity index (χ4n) is 4.02. The first-order valence-electron chi connectivity index (χ1n) is 8.89. The molecule has 1 saturated carbocycles. The molecule has 2 fully saturated rings. The van der Waals surface area contributed by atoms with Crippen LogP contribution >= 0.6 is 0 Å². The third kappa shape index (κ3) is 4.71. The standard InChI is InChI=1S/C17H35N3/c1-3-16-6-4-7-17(12-16)20-9-5-8-19(10-11-20)14-15(2)13-18/h15-17H,3-14,18H2,1-2H3. The summed E-state index contributed by atoms with van der Waals surface area (Å²) in [6.45, 7) is 11.8. The van der Waals surface area contributed by atoms with Crippen molar-refractivity contribution in [1.82, 2.24) is 9.80 Å². The summed E-state index contributed by atoms with van der Waals surface area (Å²) >= 11 is 0. The van der Waals surface area contributed by atoms with E-state index in [1.807, 2.05) is 0 Å². The minimum absolute atomic E-state index is 0.640. The first-order chi connectivity index (χ1) is 9.72. The van der Waals surface area contributed by atoms with Crippen LogP contribution in [-0.4, -0.2) is 55.1 Å². The molecule has 0 radical (unpaired) electrons. The van der Waals surface area contributed by atoms with Gasteiger partial charge in [0.15, 0.2) is 0 Å². The van der Waals surface area contributed by atoms with E-state index >= 15 is 0 Å². The van der Waals surface area contributed by atoms with Gasteiger partial charge in [-0.05, 0) is 50.7 Å². The van der Waals surface area contributed by atoms with Gasteiger partial charge in [-0.3, -0.25) is 4.90 Å². The number of nitrogens with two attached hydrogens (primary N) is 1. The summed E-state index contributed by atoms with van der Waals surface area (Å²) in [5.41, 5.74) is 5.77. The van der Waals surface area contributed by atoms with Crippen molar-refractivity contribution < 1.29 is 0 Å². The lowest BCUT2D eigenvalue weighted by molar-refractivity contribution is 0.130. The number of nitrogens with zero attached hydrogens (tertiary/aromatic N) is 2. The van der Waals surface area contributed by atoms with Gasteiger partial charge in [0.2, 0.25) is 0 Å². The van der Waals surface area contributed by atoms with Crippen molar-refractivity contribution in [2.45, 2.75) is 58.4 Å². The second-order valence-electron chi connectivity index (χ2n) is 7.13. The zero-order chi connectivity index (χ0) is 14.4. The smallest absolute Gasteiger partial charge is 0.0112 e. The lowest BCUT2D eigenvalue weighted by Crippen LogP contribution is -2.41. The first kappa shape index (κ1) is 16.3. The highest BCUT2D eigenvalue weighted by Crippen LogP contribution is 2.30. The molecule has 0 aromatic heterocycles. The number of hydrogen-bond acceptors (Lipinski definition) is 3. The average molecular weight is 281 g/mol. The maximum absolute atomic E-state index is 5.77. The first-order valence-corrected chi connectivity index (χ1v) is 8.89. The summed E-state index contributed by atoms with van der Waals surface area (Å²) in [5.74, 6) is 1.63. The van der Waals surface area contributed by atoms with Crippen molar-refractivity contribution in [3.05, 3.63) is 0 Å². The Morgan fingerprint density at radius 1 is 1.10 bits per heavy atom.